The number of allylic oxidation sites excluding steroid dienone is 3. The summed E-state index contributed by atoms with van der Waals surface area (Å²) in [5.74, 6) is -1.26. The van der Waals surface area contributed by atoms with Gasteiger partial charge in [0.25, 0.3) is 0 Å². The third-order valence-corrected chi connectivity index (χ3v) is 2.73. The molecule has 0 spiro atoms. The minimum absolute atomic E-state index is 0.129. The summed E-state index contributed by atoms with van der Waals surface area (Å²) in [6.07, 6.45) is 1.90. The summed E-state index contributed by atoms with van der Waals surface area (Å²) < 4.78 is 38.6. The van der Waals surface area contributed by atoms with Crippen LogP contribution in [0.5, 0.6) is 0 Å². The normalized spacial score (nSPS) is 38.1. The molecule has 14 heavy (non-hydrogen) atoms. The maximum atomic E-state index is 12.9. The highest BCUT2D eigenvalue weighted by Crippen LogP contribution is 2.30. The van der Waals surface area contributed by atoms with Gasteiger partial charge in [-0.05, 0) is 12.5 Å². The average Bonchev–Trinajstić information content (AvgIpc) is 2.50. The Hall–Kier alpha value is -0.770. The standard InChI is InChI=1S/C10H12F3N/c11-7-1-6(2-8(12)3-7)10-4-9(13)5-14-10/h1,3,6,9-10,14H,2,4-5H2/t6?,9-,10+/m0/s1. The molecule has 3 atom stereocenters. The van der Waals surface area contributed by atoms with Crippen LogP contribution < -0.4 is 5.32 Å². The Labute approximate surface area is 80.7 Å². The molecule has 1 aliphatic heterocycles. The number of nitrogens with one attached hydrogen (secondary N) is 1. The molecule has 4 heteroatoms. The van der Waals surface area contributed by atoms with Gasteiger partial charge in [-0.15, -0.1) is 0 Å². The molecular formula is C10H12F3N. The van der Waals surface area contributed by atoms with Crippen LogP contribution in [0.15, 0.2) is 23.8 Å². The zero-order valence-electron chi connectivity index (χ0n) is 7.64. The highest BCUT2D eigenvalue weighted by molar-refractivity contribution is 5.22. The lowest BCUT2D eigenvalue weighted by Gasteiger charge is -2.21. The van der Waals surface area contributed by atoms with E-state index in [1.165, 1.54) is 6.08 Å². The lowest BCUT2D eigenvalue weighted by molar-refractivity contribution is 0.339. The summed E-state index contributed by atoms with van der Waals surface area (Å²) in [5, 5.41) is 2.94. The zero-order valence-corrected chi connectivity index (χ0v) is 7.64. The Bertz CT molecular complexity index is 285. The maximum Gasteiger partial charge on any atom is 0.122 e. The van der Waals surface area contributed by atoms with Gasteiger partial charge in [0.2, 0.25) is 0 Å². The van der Waals surface area contributed by atoms with Crippen LogP contribution in [0.1, 0.15) is 12.8 Å². The van der Waals surface area contributed by atoms with E-state index in [1.54, 1.807) is 0 Å². The third kappa shape index (κ3) is 2.00. The number of rotatable bonds is 1. The van der Waals surface area contributed by atoms with Crippen molar-refractivity contribution in [1.82, 2.24) is 5.32 Å². The highest BCUT2D eigenvalue weighted by atomic mass is 19.1. The molecule has 0 radical (unpaired) electrons. The van der Waals surface area contributed by atoms with Crippen LogP contribution in [0.3, 0.4) is 0 Å². The lowest BCUT2D eigenvalue weighted by atomic mass is 9.90. The van der Waals surface area contributed by atoms with Crippen molar-refractivity contribution >= 4 is 0 Å². The molecule has 0 amide bonds. The molecule has 2 rings (SSSR count). The second-order valence-electron chi connectivity index (χ2n) is 3.86. The Balaban J connectivity index is 2.03. The summed E-state index contributed by atoms with van der Waals surface area (Å²) in [6.45, 7) is 0.294. The first-order chi connectivity index (χ1) is 6.65. The summed E-state index contributed by atoms with van der Waals surface area (Å²) in [7, 11) is 0. The van der Waals surface area contributed by atoms with Gasteiger partial charge in [0.05, 0.1) is 0 Å². The Morgan fingerprint density at radius 1 is 1.36 bits per heavy atom. The molecule has 0 aromatic carbocycles. The van der Waals surface area contributed by atoms with Gasteiger partial charge in [-0.3, -0.25) is 0 Å². The first-order valence-corrected chi connectivity index (χ1v) is 4.76. The van der Waals surface area contributed by atoms with Crippen molar-refractivity contribution in [1.29, 1.82) is 0 Å². The van der Waals surface area contributed by atoms with Gasteiger partial charge in [0.1, 0.15) is 17.8 Å². The summed E-state index contributed by atoms with van der Waals surface area (Å²) >= 11 is 0. The Morgan fingerprint density at radius 3 is 2.71 bits per heavy atom. The third-order valence-electron chi connectivity index (χ3n) is 2.73. The highest BCUT2D eigenvalue weighted by Gasteiger charge is 2.31. The van der Waals surface area contributed by atoms with Crippen molar-refractivity contribution in [3.05, 3.63) is 23.8 Å². The van der Waals surface area contributed by atoms with Gasteiger partial charge in [0, 0.05) is 31.0 Å². The van der Waals surface area contributed by atoms with Crippen LogP contribution in [0.4, 0.5) is 13.2 Å². The number of halogens is 3. The van der Waals surface area contributed by atoms with E-state index in [9.17, 15) is 13.2 Å². The van der Waals surface area contributed by atoms with E-state index in [2.05, 4.69) is 5.32 Å². The average molecular weight is 203 g/mol. The zero-order chi connectivity index (χ0) is 10.1. The molecule has 1 aliphatic carbocycles. The monoisotopic (exact) mass is 203 g/mol. The SMILES string of the molecule is FC1=CC([C@H]2C[C@H](F)CN2)CC(F)=C1. The van der Waals surface area contributed by atoms with Gasteiger partial charge in [-0.2, -0.15) is 0 Å². The topological polar surface area (TPSA) is 12.0 Å². The van der Waals surface area contributed by atoms with Gasteiger partial charge >= 0.3 is 0 Å². The molecular weight excluding hydrogens is 191 g/mol. The molecule has 1 fully saturated rings. The van der Waals surface area contributed by atoms with Crippen LogP contribution in [-0.4, -0.2) is 18.8 Å². The van der Waals surface area contributed by atoms with Crippen molar-refractivity contribution in [3.63, 3.8) is 0 Å². The van der Waals surface area contributed by atoms with Crippen LogP contribution in [-0.2, 0) is 0 Å². The van der Waals surface area contributed by atoms with Crippen LogP contribution in [0.2, 0.25) is 0 Å². The second kappa shape index (κ2) is 3.77. The summed E-state index contributed by atoms with van der Waals surface area (Å²) in [6, 6.07) is -0.129. The predicted molar refractivity (Wildman–Crippen MR) is 47.8 cm³/mol. The molecule has 0 bridgehead atoms. The molecule has 1 saturated heterocycles. The molecule has 2 aliphatic rings. The van der Waals surface area contributed by atoms with Crippen molar-refractivity contribution in [3.8, 4) is 0 Å². The lowest BCUT2D eigenvalue weighted by Crippen LogP contribution is -2.30. The van der Waals surface area contributed by atoms with E-state index in [4.69, 9.17) is 0 Å². The van der Waals surface area contributed by atoms with Gasteiger partial charge in [0.15, 0.2) is 0 Å². The van der Waals surface area contributed by atoms with Gasteiger partial charge in [-0.1, -0.05) is 0 Å². The quantitative estimate of drug-likeness (QED) is 0.690. The largest absolute Gasteiger partial charge is 0.310 e. The number of alkyl halides is 1. The molecule has 1 unspecified atom stereocenters. The second-order valence-corrected chi connectivity index (χ2v) is 3.86. The van der Waals surface area contributed by atoms with E-state index in [-0.39, 0.29) is 18.4 Å². The van der Waals surface area contributed by atoms with Crippen molar-refractivity contribution < 1.29 is 13.2 Å². The van der Waals surface area contributed by atoms with E-state index in [0.717, 1.165) is 6.08 Å². The van der Waals surface area contributed by atoms with E-state index >= 15 is 0 Å². The minimum Gasteiger partial charge on any atom is -0.310 e. The number of hydrogen-bond donors (Lipinski definition) is 1. The molecule has 1 heterocycles. The molecule has 78 valence electrons. The van der Waals surface area contributed by atoms with Gasteiger partial charge < -0.3 is 5.32 Å². The van der Waals surface area contributed by atoms with Crippen LogP contribution in [0.25, 0.3) is 0 Å². The van der Waals surface area contributed by atoms with E-state index < -0.39 is 17.8 Å². The van der Waals surface area contributed by atoms with Gasteiger partial charge in [-0.25, -0.2) is 13.2 Å². The first-order valence-electron chi connectivity index (χ1n) is 4.76. The molecule has 0 saturated carbocycles. The van der Waals surface area contributed by atoms with Crippen LogP contribution in [0, 0.1) is 5.92 Å². The maximum absolute atomic E-state index is 12.9. The summed E-state index contributed by atoms with van der Waals surface area (Å²) in [4.78, 5) is 0. The molecule has 1 N–H and O–H groups in total. The summed E-state index contributed by atoms with van der Waals surface area (Å²) in [5.41, 5.74) is 0. The predicted octanol–water partition coefficient (Wildman–Crippen LogP) is 2.41. The molecule has 0 aromatic rings. The number of hydrogen-bond acceptors (Lipinski definition) is 1. The molecule has 1 nitrogen and oxygen atoms in total. The van der Waals surface area contributed by atoms with Crippen LogP contribution >= 0.6 is 0 Å². The van der Waals surface area contributed by atoms with E-state index in [0.29, 0.717) is 13.0 Å². The molecule has 0 aromatic heterocycles. The minimum atomic E-state index is -0.884. The fraction of sp³-hybridized carbons (Fsp3) is 0.600. The Morgan fingerprint density at radius 2 is 2.14 bits per heavy atom. The Kier molecular flexibility index (Phi) is 2.63. The first kappa shape index (κ1) is 9.77. The van der Waals surface area contributed by atoms with Crippen molar-refractivity contribution in [2.75, 3.05) is 6.54 Å². The van der Waals surface area contributed by atoms with Crippen molar-refractivity contribution in [2.24, 2.45) is 5.92 Å². The fourth-order valence-electron chi connectivity index (χ4n) is 2.05. The fourth-order valence-corrected chi connectivity index (χ4v) is 2.05. The van der Waals surface area contributed by atoms with Crippen molar-refractivity contribution in [2.45, 2.75) is 25.1 Å². The smallest absolute Gasteiger partial charge is 0.122 e. The van der Waals surface area contributed by atoms with E-state index in [1.807, 2.05) is 0 Å².